The molecule has 106 valence electrons. The van der Waals surface area contributed by atoms with Gasteiger partial charge in [0.05, 0.1) is 10.8 Å². The van der Waals surface area contributed by atoms with Crippen molar-refractivity contribution in [2.45, 2.75) is 30.6 Å². The summed E-state index contributed by atoms with van der Waals surface area (Å²) in [5, 5.41) is 12.2. The Morgan fingerprint density at radius 1 is 1.21 bits per heavy atom. The van der Waals surface area contributed by atoms with E-state index >= 15 is 0 Å². The van der Waals surface area contributed by atoms with Crippen molar-refractivity contribution in [2.75, 3.05) is 18.9 Å². The Kier molecular flexibility index (Phi) is 8.71. The topological polar surface area (TPSA) is 49.3 Å². The lowest BCUT2D eigenvalue weighted by Crippen LogP contribution is -2.26. The molecule has 0 aromatic heterocycles. The number of benzene rings is 1. The molecule has 0 aliphatic heterocycles. The molecule has 0 fully saturated rings. The van der Waals surface area contributed by atoms with Crippen molar-refractivity contribution in [3.8, 4) is 0 Å². The lowest BCUT2D eigenvalue weighted by Gasteiger charge is -2.06. The molecule has 0 radical (unpaired) electrons. The number of carbonyl (C=O) groups is 1. The van der Waals surface area contributed by atoms with E-state index in [1.807, 2.05) is 24.3 Å². The average molecular weight is 302 g/mol. The Hall–Kier alpha value is -0.710. The number of hydrogen-bond acceptors (Lipinski definition) is 3. The van der Waals surface area contributed by atoms with Crippen molar-refractivity contribution in [2.24, 2.45) is 0 Å². The molecule has 1 rings (SSSR count). The molecule has 0 saturated heterocycles. The summed E-state index contributed by atoms with van der Waals surface area (Å²) >= 11 is 7.46. The molecular formula is C14H20ClNO2S. The monoisotopic (exact) mass is 301 g/mol. The molecule has 0 aliphatic rings. The molecule has 3 nitrogen and oxygen atoms in total. The maximum Gasteiger partial charge on any atom is 0.230 e. The third-order valence-corrected chi connectivity index (χ3v) is 4.12. The van der Waals surface area contributed by atoms with Crippen LogP contribution >= 0.6 is 23.4 Å². The summed E-state index contributed by atoms with van der Waals surface area (Å²) in [6, 6.07) is 7.52. The second-order valence-electron chi connectivity index (χ2n) is 4.21. The van der Waals surface area contributed by atoms with E-state index < -0.39 is 0 Å². The Bertz CT molecular complexity index is 387. The van der Waals surface area contributed by atoms with Crippen LogP contribution in [-0.4, -0.2) is 29.9 Å². The summed E-state index contributed by atoms with van der Waals surface area (Å²) in [5.74, 6) is 0.424. The van der Waals surface area contributed by atoms with Gasteiger partial charge in [0.25, 0.3) is 0 Å². The number of carbonyl (C=O) groups excluding carboxylic acids is 1. The summed E-state index contributed by atoms with van der Waals surface area (Å²) in [5.41, 5.74) is 0. The second-order valence-corrected chi connectivity index (χ2v) is 5.63. The first-order chi connectivity index (χ1) is 9.24. The third kappa shape index (κ3) is 7.45. The van der Waals surface area contributed by atoms with Crippen LogP contribution < -0.4 is 5.32 Å². The molecule has 0 heterocycles. The number of aliphatic hydroxyl groups excluding tert-OH is 1. The van der Waals surface area contributed by atoms with E-state index in [0.717, 1.165) is 30.6 Å². The van der Waals surface area contributed by atoms with E-state index in [1.165, 1.54) is 11.8 Å². The van der Waals surface area contributed by atoms with Crippen LogP contribution in [0.2, 0.25) is 5.02 Å². The van der Waals surface area contributed by atoms with Gasteiger partial charge in [0.1, 0.15) is 0 Å². The van der Waals surface area contributed by atoms with Crippen molar-refractivity contribution in [3.05, 3.63) is 29.3 Å². The third-order valence-electron chi connectivity index (χ3n) is 2.60. The second kappa shape index (κ2) is 10.1. The molecular weight excluding hydrogens is 282 g/mol. The molecule has 0 bridgehead atoms. The number of rotatable bonds is 9. The highest BCUT2D eigenvalue weighted by molar-refractivity contribution is 8.00. The SMILES string of the molecule is O=C(CSc1ccccc1Cl)NCCCCCCO. The smallest absolute Gasteiger partial charge is 0.230 e. The summed E-state index contributed by atoms with van der Waals surface area (Å²) in [6.45, 7) is 0.953. The molecule has 1 aromatic carbocycles. The fourth-order valence-corrected chi connectivity index (χ4v) is 2.64. The maximum absolute atomic E-state index is 11.6. The van der Waals surface area contributed by atoms with Gasteiger partial charge in [0.15, 0.2) is 0 Å². The largest absolute Gasteiger partial charge is 0.396 e. The quantitative estimate of drug-likeness (QED) is 0.544. The van der Waals surface area contributed by atoms with Crippen LogP contribution in [0.5, 0.6) is 0 Å². The molecule has 19 heavy (non-hydrogen) atoms. The van der Waals surface area contributed by atoms with Gasteiger partial charge in [-0.1, -0.05) is 36.6 Å². The number of nitrogens with one attached hydrogen (secondary N) is 1. The highest BCUT2D eigenvalue weighted by atomic mass is 35.5. The minimum absolute atomic E-state index is 0.0343. The first-order valence-electron chi connectivity index (χ1n) is 6.49. The summed E-state index contributed by atoms with van der Waals surface area (Å²) in [7, 11) is 0. The molecule has 1 amide bonds. The van der Waals surface area contributed by atoms with E-state index in [2.05, 4.69) is 5.32 Å². The van der Waals surface area contributed by atoms with Crippen molar-refractivity contribution in [3.63, 3.8) is 0 Å². The van der Waals surface area contributed by atoms with E-state index in [1.54, 1.807) is 0 Å². The molecule has 0 spiro atoms. The van der Waals surface area contributed by atoms with Gasteiger partial charge < -0.3 is 10.4 Å². The normalized spacial score (nSPS) is 10.4. The van der Waals surface area contributed by atoms with E-state index in [-0.39, 0.29) is 12.5 Å². The number of halogens is 1. The van der Waals surface area contributed by atoms with E-state index in [9.17, 15) is 4.79 Å². The van der Waals surface area contributed by atoms with Crippen LogP contribution in [0.4, 0.5) is 0 Å². The first-order valence-corrected chi connectivity index (χ1v) is 7.85. The van der Waals surface area contributed by atoms with Gasteiger partial charge in [-0.25, -0.2) is 0 Å². The molecule has 0 saturated carbocycles. The molecule has 0 atom stereocenters. The van der Waals surface area contributed by atoms with E-state index in [0.29, 0.717) is 17.3 Å². The predicted octanol–water partition coefficient (Wildman–Crippen LogP) is 3.10. The van der Waals surface area contributed by atoms with Crippen LogP contribution in [0.15, 0.2) is 29.2 Å². The lowest BCUT2D eigenvalue weighted by molar-refractivity contribution is -0.118. The van der Waals surface area contributed by atoms with Gasteiger partial charge in [0.2, 0.25) is 5.91 Å². The number of thioether (sulfide) groups is 1. The van der Waals surface area contributed by atoms with Crippen LogP contribution in [0.3, 0.4) is 0 Å². The van der Waals surface area contributed by atoms with Crippen molar-refractivity contribution in [1.29, 1.82) is 0 Å². The van der Waals surface area contributed by atoms with Crippen LogP contribution in [0, 0.1) is 0 Å². The average Bonchev–Trinajstić information content (AvgIpc) is 2.42. The van der Waals surface area contributed by atoms with Crippen molar-refractivity contribution < 1.29 is 9.90 Å². The molecule has 5 heteroatoms. The number of hydrogen-bond donors (Lipinski definition) is 2. The predicted molar refractivity (Wildman–Crippen MR) is 80.7 cm³/mol. The van der Waals surface area contributed by atoms with Gasteiger partial charge in [-0.15, -0.1) is 11.8 Å². The highest BCUT2D eigenvalue weighted by Crippen LogP contribution is 2.26. The fourth-order valence-electron chi connectivity index (χ4n) is 1.57. The molecule has 0 aliphatic carbocycles. The maximum atomic E-state index is 11.6. The van der Waals surface area contributed by atoms with Gasteiger partial charge in [-0.05, 0) is 25.0 Å². The zero-order chi connectivity index (χ0) is 13.9. The van der Waals surface area contributed by atoms with Crippen molar-refractivity contribution >= 4 is 29.3 Å². The van der Waals surface area contributed by atoms with Crippen LogP contribution in [0.25, 0.3) is 0 Å². The van der Waals surface area contributed by atoms with Gasteiger partial charge >= 0.3 is 0 Å². The van der Waals surface area contributed by atoms with Gasteiger partial charge in [-0.2, -0.15) is 0 Å². The standard InChI is InChI=1S/C14H20ClNO2S/c15-12-7-3-4-8-13(12)19-11-14(18)16-9-5-1-2-6-10-17/h3-4,7-8,17H,1-2,5-6,9-11H2,(H,16,18). The summed E-state index contributed by atoms with van der Waals surface area (Å²) < 4.78 is 0. The van der Waals surface area contributed by atoms with Crippen LogP contribution in [0.1, 0.15) is 25.7 Å². The first kappa shape index (κ1) is 16.3. The Balaban J connectivity index is 2.10. The highest BCUT2D eigenvalue weighted by Gasteiger charge is 2.04. The molecule has 2 N–H and O–H groups in total. The zero-order valence-electron chi connectivity index (χ0n) is 10.9. The number of amides is 1. The summed E-state index contributed by atoms with van der Waals surface area (Å²) in [4.78, 5) is 12.5. The Morgan fingerprint density at radius 3 is 2.68 bits per heavy atom. The van der Waals surface area contributed by atoms with Gasteiger partial charge in [0, 0.05) is 18.0 Å². The summed E-state index contributed by atoms with van der Waals surface area (Å²) in [6.07, 6.45) is 3.86. The number of unbranched alkanes of at least 4 members (excludes halogenated alkanes) is 3. The Morgan fingerprint density at radius 2 is 1.95 bits per heavy atom. The van der Waals surface area contributed by atoms with E-state index in [4.69, 9.17) is 16.7 Å². The van der Waals surface area contributed by atoms with Crippen LogP contribution in [-0.2, 0) is 4.79 Å². The molecule has 1 aromatic rings. The number of aliphatic hydroxyl groups is 1. The molecule has 0 unspecified atom stereocenters. The lowest BCUT2D eigenvalue weighted by atomic mass is 10.2. The minimum atomic E-state index is 0.0343. The fraction of sp³-hybridized carbons (Fsp3) is 0.500. The van der Waals surface area contributed by atoms with Gasteiger partial charge in [-0.3, -0.25) is 4.79 Å². The van der Waals surface area contributed by atoms with Crippen molar-refractivity contribution in [1.82, 2.24) is 5.32 Å². The minimum Gasteiger partial charge on any atom is -0.396 e. The Labute approximate surface area is 123 Å². The zero-order valence-corrected chi connectivity index (χ0v) is 12.5.